The fourth-order valence-electron chi connectivity index (χ4n) is 2.05. The zero-order chi connectivity index (χ0) is 12.8. The van der Waals surface area contributed by atoms with Crippen molar-refractivity contribution in [2.24, 2.45) is 0 Å². The van der Waals surface area contributed by atoms with Gasteiger partial charge in [-0.1, -0.05) is 6.92 Å². The summed E-state index contributed by atoms with van der Waals surface area (Å²) in [5.74, 6) is 0.0871. The lowest BCUT2D eigenvalue weighted by Crippen LogP contribution is -2.51. The largest absolute Gasteiger partial charge is 0.372 e. The number of morpholine rings is 1. The van der Waals surface area contributed by atoms with Crippen LogP contribution in [0.15, 0.2) is 0 Å². The maximum Gasteiger partial charge on any atom is 0.236 e. The van der Waals surface area contributed by atoms with Crippen LogP contribution < -0.4 is 0 Å². The minimum absolute atomic E-state index is 0.0871. The fraction of sp³-hybridized carbons (Fsp3) is 0.833. The first-order valence-corrected chi connectivity index (χ1v) is 6.09. The monoisotopic (exact) mass is 239 g/mol. The van der Waals surface area contributed by atoms with Gasteiger partial charge in [-0.05, 0) is 20.4 Å². The molecule has 0 aromatic carbocycles. The lowest BCUT2D eigenvalue weighted by molar-refractivity contribution is -0.144. The summed E-state index contributed by atoms with van der Waals surface area (Å²) in [5.41, 5.74) is 0. The molecular weight excluding hydrogens is 218 g/mol. The number of amides is 1. The first kappa shape index (κ1) is 13.9. The molecule has 2 unspecified atom stereocenters. The summed E-state index contributed by atoms with van der Waals surface area (Å²) >= 11 is 0. The first-order valence-electron chi connectivity index (χ1n) is 6.09. The van der Waals surface area contributed by atoms with Crippen LogP contribution in [0.4, 0.5) is 0 Å². The van der Waals surface area contributed by atoms with E-state index in [4.69, 9.17) is 10.00 Å². The molecule has 0 aliphatic carbocycles. The molecule has 0 radical (unpaired) electrons. The van der Waals surface area contributed by atoms with Crippen molar-refractivity contribution in [1.82, 2.24) is 9.80 Å². The van der Waals surface area contributed by atoms with E-state index in [9.17, 15) is 4.79 Å². The van der Waals surface area contributed by atoms with Gasteiger partial charge in [0.25, 0.3) is 0 Å². The Morgan fingerprint density at radius 2 is 2.06 bits per heavy atom. The summed E-state index contributed by atoms with van der Waals surface area (Å²) in [6, 6.07) is 2.08. The Kier molecular flexibility index (Phi) is 5.39. The van der Waals surface area contributed by atoms with Gasteiger partial charge in [0.1, 0.15) is 0 Å². The molecule has 1 rings (SSSR count). The Labute approximate surface area is 103 Å². The van der Waals surface area contributed by atoms with Gasteiger partial charge in [0.05, 0.1) is 31.4 Å². The van der Waals surface area contributed by atoms with E-state index in [1.54, 1.807) is 0 Å². The molecule has 1 fully saturated rings. The van der Waals surface area contributed by atoms with Gasteiger partial charge in [0.15, 0.2) is 0 Å². The van der Waals surface area contributed by atoms with Crippen molar-refractivity contribution in [3.05, 3.63) is 0 Å². The highest BCUT2D eigenvalue weighted by Gasteiger charge is 2.26. The minimum Gasteiger partial charge on any atom is -0.372 e. The number of likely N-dealkylation sites (N-methyl/N-ethyl adjacent to an activating group) is 1. The molecule has 0 bridgehead atoms. The highest BCUT2D eigenvalue weighted by atomic mass is 16.5. The molecule has 1 amide bonds. The molecule has 1 aliphatic heterocycles. The molecule has 1 aliphatic rings. The van der Waals surface area contributed by atoms with Crippen LogP contribution in [0.2, 0.25) is 0 Å². The van der Waals surface area contributed by atoms with Crippen molar-refractivity contribution >= 4 is 5.91 Å². The molecule has 1 saturated heterocycles. The van der Waals surface area contributed by atoms with E-state index in [1.807, 2.05) is 30.6 Å². The number of carbonyl (C=O) groups is 1. The third kappa shape index (κ3) is 4.33. The molecule has 0 aromatic rings. The van der Waals surface area contributed by atoms with E-state index < -0.39 is 0 Å². The van der Waals surface area contributed by atoms with Crippen molar-refractivity contribution < 1.29 is 9.53 Å². The number of hydrogen-bond acceptors (Lipinski definition) is 4. The zero-order valence-electron chi connectivity index (χ0n) is 10.8. The highest BCUT2D eigenvalue weighted by Crippen LogP contribution is 2.11. The average Bonchev–Trinajstić information content (AvgIpc) is 2.27. The van der Waals surface area contributed by atoms with Gasteiger partial charge in [-0.25, -0.2) is 0 Å². The Hall–Kier alpha value is -1.12. The molecule has 0 N–H and O–H groups in total. The van der Waals surface area contributed by atoms with E-state index >= 15 is 0 Å². The number of hydrogen-bond donors (Lipinski definition) is 0. The smallest absolute Gasteiger partial charge is 0.236 e. The van der Waals surface area contributed by atoms with Crippen LogP contribution in [0, 0.1) is 11.3 Å². The van der Waals surface area contributed by atoms with Gasteiger partial charge in [-0.2, -0.15) is 5.26 Å². The van der Waals surface area contributed by atoms with E-state index in [0.29, 0.717) is 26.2 Å². The SMILES string of the molecule is CCN(CC#N)CC(=O)N1CC(C)OC(C)C1. The van der Waals surface area contributed by atoms with Crippen molar-refractivity contribution in [3.8, 4) is 6.07 Å². The molecule has 1 heterocycles. The summed E-state index contributed by atoms with van der Waals surface area (Å²) < 4.78 is 5.59. The fourth-order valence-corrected chi connectivity index (χ4v) is 2.05. The quantitative estimate of drug-likeness (QED) is 0.669. The minimum atomic E-state index is 0.0871. The van der Waals surface area contributed by atoms with Gasteiger partial charge >= 0.3 is 0 Å². The second kappa shape index (κ2) is 6.58. The molecule has 0 aromatic heterocycles. The Morgan fingerprint density at radius 1 is 1.47 bits per heavy atom. The second-order valence-corrected chi connectivity index (χ2v) is 4.52. The highest BCUT2D eigenvalue weighted by molar-refractivity contribution is 5.78. The predicted molar refractivity (Wildman–Crippen MR) is 64.3 cm³/mol. The van der Waals surface area contributed by atoms with E-state index in [-0.39, 0.29) is 18.1 Å². The van der Waals surface area contributed by atoms with Crippen molar-refractivity contribution in [2.75, 3.05) is 32.7 Å². The third-order valence-corrected chi connectivity index (χ3v) is 2.87. The maximum absolute atomic E-state index is 12.1. The molecular formula is C12H21N3O2. The van der Waals surface area contributed by atoms with E-state index in [0.717, 1.165) is 6.54 Å². The predicted octanol–water partition coefficient (Wildman–Crippen LogP) is 0.468. The number of carbonyl (C=O) groups excluding carboxylic acids is 1. The average molecular weight is 239 g/mol. The zero-order valence-corrected chi connectivity index (χ0v) is 10.8. The maximum atomic E-state index is 12.1. The Bertz CT molecular complexity index is 291. The van der Waals surface area contributed by atoms with E-state index in [1.165, 1.54) is 0 Å². The molecule has 17 heavy (non-hydrogen) atoms. The van der Waals surface area contributed by atoms with Gasteiger partial charge < -0.3 is 9.64 Å². The summed E-state index contributed by atoms with van der Waals surface area (Å²) in [6.07, 6.45) is 0.183. The Morgan fingerprint density at radius 3 is 2.53 bits per heavy atom. The molecule has 2 atom stereocenters. The number of nitriles is 1. The molecule has 0 spiro atoms. The molecule has 5 nitrogen and oxygen atoms in total. The standard InChI is InChI=1S/C12H21N3O2/c1-4-14(6-5-13)9-12(16)15-7-10(2)17-11(3)8-15/h10-11H,4,6-9H2,1-3H3. The van der Waals surface area contributed by atoms with Crippen molar-refractivity contribution in [3.63, 3.8) is 0 Å². The van der Waals surface area contributed by atoms with Crippen LogP contribution in [0.5, 0.6) is 0 Å². The van der Waals surface area contributed by atoms with Gasteiger partial charge in [0, 0.05) is 13.1 Å². The summed E-state index contributed by atoms with van der Waals surface area (Å²) in [4.78, 5) is 15.7. The lowest BCUT2D eigenvalue weighted by Gasteiger charge is -2.36. The van der Waals surface area contributed by atoms with Crippen LogP contribution in [-0.2, 0) is 9.53 Å². The molecule has 0 saturated carbocycles. The summed E-state index contributed by atoms with van der Waals surface area (Å²) in [7, 11) is 0. The number of nitrogens with zero attached hydrogens (tertiary/aromatic N) is 3. The van der Waals surface area contributed by atoms with Crippen LogP contribution in [-0.4, -0.2) is 60.6 Å². The van der Waals surface area contributed by atoms with Crippen molar-refractivity contribution in [2.45, 2.75) is 33.0 Å². The van der Waals surface area contributed by atoms with Crippen LogP contribution in [0.1, 0.15) is 20.8 Å². The molecule has 5 heteroatoms. The van der Waals surface area contributed by atoms with Gasteiger partial charge in [0.2, 0.25) is 5.91 Å². The number of ether oxygens (including phenoxy) is 1. The molecule has 96 valence electrons. The van der Waals surface area contributed by atoms with Gasteiger partial charge in [-0.3, -0.25) is 9.69 Å². The topological polar surface area (TPSA) is 56.6 Å². The van der Waals surface area contributed by atoms with Gasteiger partial charge in [-0.15, -0.1) is 0 Å². The normalized spacial score (nSPS) is 24.8. The van der Waals surface area contributed by atoms with Crippen LogP contribution >= 0.6 is 0 Å². The van der Waals surface area contributed by atoms with Crippen LogP contribution in [0.3, 0.4) is 0 Å². The summed E-state index contributed by atoms with van der Waals surface area (Å²) in [6.45, 7) is 8.54. The van der Waals surface area contributed by atoms with Crippen molar-refractivity contribution in [1.29, 1.82) is 5.26 Å². The van der Waals surface area contributed by atoms with E-state index in [2.05, 4.69) is 6.07 Å². The number of rotatable bonds is 4. The summed E-state index contributed by atoms with van der Waals surface area (Å²) in [5, 5.41) is 8.64. The van der Waals surface area contributed by atoms with Crippen LogP contribution in [0.25, 0.3) is 0 Å². The lowest BCUT2D eigenvalue weighted by atomic mass is 10.2. The third-order valence-electron chi connectivity index (χ3n) is 2.87. The first-order chi connectivity index (χ1) is 8.06. The second-order valence-electron chi connectivity index (χ2n) is 4.52. The Balaban J connectivity index is 2.49.